The van der Waals surface area contributed by atoms with Gasteiger partial charge in [-0.3, -0.25) is 4.79 Å². The Morgan fingerprint density at radius 3 is 2.74 bits per heavy atom. The molecule has 2 bridgehead atoms. The van der Waals surface area contributed by atoms with Gasteiger partial charge in [-0.05, 0) is 19.5 Å². The Labute approximate surface area is 117 Å². The van der Waals surface area contributed by atoms with Crippen molar-refractivity contribution in [2.45, 2.75) is 18.5 Å². The fraction of sp³-hybridized carbons (Fsp3) is 0.538. The Bertz CT molecular complexity index is 511. The molecule has 19 heavy (non-hydrogen) atoms. The van der Waals surface area contributed by atoms with Gasteiger partial charge in [-0.15, -0.1) is 0 Å². The van der Waals surface area contributed by atoms with Gasteiger partial charge < -0.3 is 14.5 Å². The number of halogens is 1. The topological polar surface area (TPSA) is 45.7 Å². The number of amides is 1. The fourth-order valence-corrected chi connectivity index (χ4v) is 3.24. The zero-order valence-electron chi connectivity index (χ0n) is 11.0. The summed E-state index contributed by atoms with van der Waals surface area (Å²) in [5.74, 6) is 0.369. The van der Waals surface area contributed by atoms with E-state index in [-0.39, 0.29) is 5.91 Å². The van der Waals surface area contributed by atoms with E-state index in [0.29, 0.717) is 28.5 Å². The Morgan fingerprint density at radius 1 is 1.47 bits per heavy atom. The van der Waals surface area contributed by atoms with Gasteiger partial charge >= 0.3 is 0 Å². The Morgan fingerprint density at radius 2 is 2.16 bits per heavy atom. The number of fused-ring (bicyclic) bond motifs is 2. The highest BCUT2D eigenvalue weighted by atomic mass is 35.5. The lowest BCUT2D eigenvalue weighted by atomic mass is 9.87. The van der Waals surface area contributed by atoms with Crippen molar-refractivity contribution in [3.63, 3.8) is 0 Å². The van der Waals surface area contributed by atoms with Crippen LogP contribution in [-0.2, 0) is 0 Å². The lowest BCUT2D eigenvalue weighted by Crippen LogP contribution is -2.69. The second-order valence-electron chi connectivity index (χ2n) is 5.19. The van der Waals surface area contributed by atoms with Gasteiger partial charge in [0.15, 0.2) is 0 Å². The molecule has 2 atom stereocenters. The molecule has 2 aliphatic rings. The number of piperazine rings is 1. The third kappa shape index (κ3) is 2.07. The lowest BCUT2D eigenvalue weighted by molar-refractivity contribution is -0.0397. The summed E-state index contributed by atoms with van der Waals surface area (Å²) < 4.78 is 4.99. The van der Waals surface area contributed by atoms with Gasteiger partial charge in [-0.1, -0.05) is 11.6 Å². The number of pyridine rings is 1. The highest BCUT2D eigenvalue weighted by molar-refractivity contribution is 6.32. The summed E-state index contributed by atoms with van der Waals surface area (Å²) in [6.07, 6.45) is 2.64. The molecule has 2 saturated heterocycles. The number of likely N-dealkylation sites (N-methyl/N-ethyl adjacent to an activating group) is 1. The van der Waals surface area contributed by atoms with Gasteiger partial charge in [0.2, 0.25) is 5.88 Å². The smallest absolute Gasteiger partial charge is 0.256 e. The number of nitrogens with zero attached hydrogens (tertiary/aromatic N) is 3. The Hall–Kier alpha value is -1.33. The summed E-state index contributed by atoms with van der Waals surface area (Å²) in [5.41, 5.74) is 0.532. The molecule has 5 nitrogen and oxygen atoms in total. The van der Waals surface area contributed by atoms with Gasteiger partial charge in [0.25, 0.3) is 5.91 Å². The molecular formula is C13H16ClN3O2. The van der Waals surface area contributed by atoms with Crippen molar-refractivity contribution in [2.75, 3.05) is 27.2 Å². The molecule has 1 aromatic heterocycles. The number of rotatable bonds is 2. The predicted octanol–water partition coefficient (Wildman–Crippen LogP) is 1.27. The molecule has 3 rings (SSSR count). The Balaban J connectivity index is 1.80. The van der Waals surface area contributed by atoms with Crippen molar-refractivity contribution in [1.82, 2.24) is 14.8 Å². The minimum absolute atomic E-state index is 0.0198. The van der Waals surface area contributed by atoms with E-state index in [1.54, 1.807) is 6.07 Å². The molecule has 1 amide bonds. The van der Waals surface area contributed by atoms with E-state index in [4.69, 9.17) is 16.3 Å². The number of likely N-dealkylation sites (tertiary alicyclic amines) is 2. The first-order valence-electron chi connectivity index (χ1n) is 6.31. The number of methoxy groups -OCH3 is 1. The van der Waals surface area contributed by atoms with Crippen molar-refractivity contribution in [3.8, 4) is 5.88 Å². The van der Waals surface area contributed by atoms with Crippen molar-refractivity contribution in [1.29, 1.82) is 0 Å². The summed E-state index contributed by atoms with van der Waals surface area (Å²) in [4.78, 5) is 20.7. The molecule has 1 aromatic rings. The van der Waals surface area contributed by atoms with Crippen molar-refractivity contribution >= 4 is 17.5 Å². The molecule has 0 saturated carbocycles. The predicted molar refractivity (Wildman–Crippen MR) is 71.7 cm³/mol. The molecular weight excluding hydrogens is 266 g/mol. The SMILES string of the molecule is COc1ncc(C(=O)N2C3CC2CN(C)C3)cc1Cl. The van der Waals surface area contributed by atoms with Crippen molar-refractivity contribution in [2.24, 2.45) is 0 Å². The quantitative estimate of drug-likeness (QED) is 0.819. The largest absolute Gasteiger partial charge is 0.480 e. The van der Waals surface area contributed by atoms with Crippen molar-refractivity contribution in [3.05, 3.63) is 22.8 Å². The number of aromatic nitrogens is 1. The van der Waals surface area contributed by atoms with Crippen LogP contribution >= 0.6 is 11.6 Å². The highest BCUT2D eigenvalue weighted by Crippen LogP contribution is 2.33. The van der Waals surface area contributed by atoms with Crippen LogP contribution in [0, 0.1) is 0 Å². The van der Waals surface area contributed by atoms with Crippen molar-refractivity contribution < 1.29 is 9.53 Å². The third-order valence-corrected chi connectivity index (χ3v) is 4.13. The molecule has 2 unspecified atom stereocenters. The average molecular weight is 282 g/mol. The molecule has 2 aliphatic heterocycles. The maximum absolute atomic E-state index is 12.5. The second kappa shape index (κ2) is 4.65. The molecule has 102 valence electrons. The zero-order valence-corrected chi connectivity index (χ0v) is 11.7. The van der Waals surface area contributed by atoms with E-state index in [9.17, 15) is 4.79 Å². The van der Waals surface area contributed by atoms with E-state index >= 15 is 0 Å². The molecule has 3 heterocycles. The fourth-order valence-electron chi connectivity index (χ4n) is 2.99. The van der Waals surface area contributed by atoms with Gasteiger partial charge in [0.05, 0.1) is 12.7 Å². The number of hydrogen-bond acceptors (Lipinski definition) is 4. The summed E-state index contributed by atoms with van der Waals surface area (Å²) >= 11 is 6.02. The highest BCUT2D eigenvalue weighted by Gasteiger charge is 2.46. The number of piperidine rings is 1. The molecule has 0 aromatic carbocycles. The molecule has 2 fully saturated rings. The van der Waals surface area contributed by atoms with Gasteiger partial charge in [-0.25, -0.2) is 4.98 Å². The zero-order chi connectivity index (χ0) is 13.6. The third-order valence-electron chi connectivity index (χ3n) is 3.86. The maximum Gasteiger partial charge on any atom is 0.256 e. The van der Waals surface area contributed by atoms with Gasteiger partial charge in [-0.2, -0.15) is 0 Å². The second-order valence-corrected chi connectivity index (χ2v) is 5.60. The number of hydrogen-bond donors (Lipinski definition) is 0. The summed E-state index contributed by atoms with van der Waals surface area (Å²) in [7, 11) is 3.60. The number of carbonyl (C=O) groups is 1. The van der Waals surface area contributed by atoms with Crippen LogP contribution in [0.2, 0.25) is 5.02 Å². The first-order valence-corrected chi connectivity index (χ1v) is 6.68. The average Bonchev–Trinajstić information content (AvgIpc) is 2.38. The van der Waals surface area contributed by atoms with E-state index in [1.165, 1.54) is 13.3 Å². The monoisotopic (exact) mass is 281 g/mol. The van der Waals surface area contributed by atoms with Crippen LogP contribution < -0.4 is 4.74 Å². The lowest BCUT2D eigenvalue weighted by Gasteiger charge is -2.55. The van der Waals surface area contributed by atoms with Crippen LogP contribution in [0.15, 0.2) is 12.3 Å². The van der Waals surface area contributed by atoms with Crippen LogP contribution in [0.1, 0.15) is 16.8 Å². The van der Waals surface area contributed by atoms with Crippen LogP contribution in [-0.4, -0.2) is 60.0 Å². The number of ether oxygens (including phenoxy) is 1. The molecule has 6 heteroatoms. The summed E-state index contributed by atoms with van der Waals surface area (Å²) in [6.45, 7) is 1.89. The van der Waals surface area contributed by atoms with Crippen LogP contribution in [0.3, 0.4) is 0 Å². The van der Waals surface area contributed by atoms with E-state index < -0.39 is 0 Å². The summed E-state index contributed by atoms with van der Waals surface area (Å²) in [6, 6.07) is 2.29. The van der Waals surface area contributed by atoms with E-state index in [0.717, 1.165) is 19.5 Å². The minimum atomic E-state index is 0.0198. The van der Waals surface area contributed by atoms with Gasteiger partial charge in [0, 0.05) is 31.4 Å². The minimum Gasteiger partial charge on any atom is -0.480 e. The van der Waals surface area contributed by atoms with E-state index in [1.807, 2.05) is 4.90 Å². The molecule has 0 radical (unpaired) electrons. The van der Waals surface area contributed by atoms with Crippen LogP contribution in [0.5, 0.6) is 5.88 Å². The summed E-state index contributed by atoms with van der Waals surface area (Å²) in [5, 5.41) is 0.371. The number of carbonyl (C=O) groups excluding carboxylic acids is 1. The maximum atomic E-state index is 12.5. The van der Waals surface area contributed by atoms with Crippen LogP contribution in [0.25, 0.3) is 0 Å². The first kappa shape index (κ1) is 12.7. The molecule has 0 aliphatic carbocycles. The normalized spacial score (nSPS) is 25.9. The van der Waals surface area contributed by atoms with Gasteiger partial charge in [0.1, 0.15) is 5.02 Å². The molecule has 0 spiro atoms. The van der Waals surface area contributed by atoms with E-state index in [2.05, 4.69) is 16.9 Å². The standard InChI is InChI=1S/C13H16ClN3O2/c1-16-6-9-4-10(7-16)17(9)13(18)8-3-11(14)12(19-2)15-5-8/h3,5,9-10H,4,6-7H2,1-2H3. The first-order chi connectivity index (χ1) is 9.10. The van der Waals surface area contributed by atoms with Crippen LogP contribution in [0.4, 0.5) is 0 Å². The Kier molecular flexibility index (Phi) is 3.11. The molecule has 0 N–H and O–H groups in total.